The zero-order valence-electron chi connectivity index (χ0n) is 11.0. The Morgan fingerprint density at radius 3 is 3.00 bits per heavy atom. The maximum atomic E-state index is 5.94. The maximum absolute atomic E-state index is 5.94. The molecule has 1 fully saturated rings. The predicted molar refractivity (Wildman–Crippen MR) is 75.0 cm³/mol. The van der Waals surface area contributed by atoms with E-state index >= 15 is 0 Å². The average Bonchev–Trinajstić information content (AvgIpc) is 2.93. The number of fused-ring (bicyclic) bond motifs is 1. The number of hydrogen-bond acceptors (Lipinski definition) is 4. The molecule has 0 saturated carbocycles. The fourth-order valence-electron chi connectivity index (χ4n) is 2.70. The van der Waals surface area contributed by atoms with Crippen LogP contribution in [0.4, 0.5) is 0 Å². The molecule has 3 N–H and O–H groups in total. The Hall–Kier alpha value is -1.43. The van der Waals surface area contributed by atoms with Gasteiger partial charge < -0.3 is 10.5 Å². The first kappa shape index (κ1) is 12.6. The van der Waals surface area contributed by atoms with Gasteiger partial charge in [0.1, 0.15) is 0 Å². The fraction of sp³-hybridized carbons (Fsp3) is 0.500. The molecule has 1 aromatic carbocycles. The van der Waals surface area contributed by atoms with Crippen molar-refractivity contribution in [2.45, 2.75) is 12.5 Å². The third-order valence-electron chi connectivity index (χ3n) is 3.81. The molecule has 1 unspecified atom stereocenters. The average molecular weight is 260 g/mol. The van der Waals surface area contributed by atoms with E-state index in [0.29, 0.717) is 12.6 Å². The Labute approximate surface area is 112 Å². The molecule has 102 valence electrons. The lowest BCUT2D eigenvalue weighted by molar-refractivity contribution is 0.0184. The largest absolute Gasteiger partial charge is 0.379 e. The highest BCUT2D eigenvalue weighted by molar-refractivity contribution is 5.78. The molecular formula is C14H20N4O. The van der Waals surface area contributed by atoms with Crippen LogP contribution in [0.2, 0.25) is 0 Å². The lowest BCUT2D eigenvalue weighted by Crippen LogP contribution is -2.47. The molecule has 0 radical (unpaired) electrons. The van der Waals surface area contributed by atoms with Crippen molar-refractivity contribution in [2.75, 3.05) is 32.8 Å². The van der Waals surface area contributed by atoms with Gasteiger partial charge in [0.15, 0.2) is 0 Å². The molecule has 3 rings (SSSR count). The highest BCUT2D eigenvalue weighted by Gasteiger charge is 2.20. The molecule has 5 nitrogen and oxygen atoms in total. The normalized spacial score (nSPS) is 18.8. The highest BCUT2D eigenvalue weighted by Crippen LogP contribution is 2.16. The zero-order chi connectivity index (χ0) is 13.1. The van der Waals surface area contributed by atoms with Crippen LogP contribution in [0.1, 0.15) is 5.56 Å². The molecule has 0 spiro atoms. The monoisotopic (exact) mass is 260 g/mol. The number of aromatic amines is 1. The van der Waals surface area contributed by atoms with Gasteiger partial charge in [-0.3, -0.25) is 10.00 Å². The summed E-state index contributed by atoms with van der Waals surface area (Å²) in [6.07, 6.45) is 2.85. The van der Waals surface area contributed by atoms with Crippen LogP contribution in [-0.4, -0.2) is 54.0 Å². The van der Waals surface area contributed by atoms with E-state index < -0.39 is 0 Å². The van der Waals surface area contributed by atoms with Gasteiger partial charge in [0, 0.05) is 31.1 Å². The minimum Gasteiger partial charge on any atom is -0.379 e. The Kier molecular flexibility index (Phi) is 3.77. The van der Waals surface area contributed by atoms with Gasteiger partial charge in [-0.25, -0.2) is 0 Å². The van der Waals surface area contributed by atoms with Crippen LogP contribution in [-0.2, 0) is 11.2 Å². The number of nitrogens with zero attached hydrogens (tertiary/aromatic N) is 2. The molecule has 1 atom stereocenters. The summed E-state index contributed by atoms with van der Waals surface area (Å²) in [5, 5.41) is 8.19. The Bertz CT molecular complexity index is 533. The van der Waals surface area contributed by atoms with Crippen molar-refractivity contribution in [1.29, 1.82) is 0 Å². The number of morpholine rings is 1. The lowest BCUT2D eigenvalue weighted by atomic mass is 10.0. The minimum atomic E-state index is 0.397. The number of nitrogens with two attached hydrogens (primary N) is 1. The van der Waals surface area contributed by atoms with Crippen LogP contribution in [0.3, 0.4) is 0 Å². The third kappa shape index (κ3) is 2.78. The Morgan fingerprint density at radius 1 is 1.37 bits per heavy atom. The van der Waals surface area contributed by atoms with Crippen LogP contribution in [0.15, 0.2) is 24.4 Å². The first-order chi connectivity index (χ1) is 9.36. The number of H-pyrrole nitrogens is 1. The first-order valence-electron chi connectivity index (χ1n) is 6.80. The van der Waals surface area contributed by atoms with Crippen LogP contribution < -0.4 is 5.73 Å². The van der Waals surface area contributed by atoms with E-state index in [9.17, 15) is 0 Å². The van der Waals surface area contributed by atoms with E-state index in [1.165, 1.54) is 5.56 Å². The van der Waals surface area contributed by atoms with Crippen molar-refractivity contribution < 1.29 is 4.74 Å². The van der Waals surface area contributed by atoms with E-state index in [1.54, 1.807) is 0 Å². The number of aromatic nitrogens is 2. The summed E-state index contributed by atoms with van der Waals surface area (Å²) in [7, 11) is 0. The van der Waals surface area contributed by atoms with Crippen molar-refractivity contribution in [3.8, 4) is 0 Å². The van der Waals surface area contributed by atoms with Gasteiger partial charge in [-0.2, -0.15) is 5.10 Å². The second-order valence-corrected chi connectivity index (χ2v) is 5.03. The fourth-order valence-corrected chi connectivity index (χ4v) is 2.70. The summed E-state index contributed by atoms with van der Waals surface area (Å²) in [5.41, 5.74) is 8.34. The van der Waals surface area contributed by atoms with Gasteiger partial charge in [-0.1, -0.05) is 6.07 Å². The van der Waals surface area contributed by atoms with Crippen molar-refractivity contribution >= 4 is 10.9 Å². The first-order valence-corrected chi connectivity index (χ1v) is 6.80. The molecule has 2 aromatic rings. The Balaban J connectivity index is 1.73. The van der Waals surface area contributed by atoms with Gasteiger partial charge in [-0.05, 0) is 24.1 Å². The number of rotatable bonds is 4. The molecule has 1 saturated heterocycles. The summed E-state index contributed by atoms with van der Waals surface area (Å²) >= 11 is 0. The van der Waals surface area contributed by atoms with E-state index in [-0.39, 0.29) is 0 Å². The van der Waals surface area contributed by atoms with Gasteiger partial charge in [-0.15, -0.1) is 0 Å². The van der Waals surface area contributed by atoms with Crippen molar-refractivity contribution in [3.63, 3.8) is 0 Å². The van der Waals surface area contributed by atoms with E-state index in [0.717, 1.165) is 43.6 Å². The summed E-state index contributed by atoms with van der Waals surface area (Å²) in [6.45, 7) is 4.28. The summed E-state index contributed by atoms with van der Waals surface area (Å²) in [4.78, 5) is 2.43. The molecule has 19 heavy (non-hydrogen) atoms. The minimum absolute atomic E-state index is 0.397. The van der Waals surface area contributed by atoms with Crippen LogP contribution in [0.25, 0.3) is 10.9 Å². The molecule has 1 aliphatic heterocycles. The summed E-state index contributed by atoms with van der Waals surface area (Å²) < 4.78 is 5.40. The summed E-state index contributed by atoms with van der Waals surface area (Å²) in [5.74, 6) is 0. The molecule has 5 heteroatoms. The summed E-state index contributed by atoms with van der Waals surface area (Å²) in [6, 6.07) is 6.84. The van der Waals surface area contributed by atoms with Gasteiger partial charge in [0.2, 0.25) is 0 Å². The SMILES string of the molecule is NCC(Cc1ccc2[nH]ncc2c1)N1CCOCC1. The molecule has 2 heterocycles. The van der Waals surface area contributed by atoms with Crippen LogP contribution in [0.5, 0.6) is 0 Å². The van der Waals surface area contributed by atoms with Crippen LogP contribution in [0, 0.1) is 0 Å². The lowest BCUT2D eigenvalue weighted by Gasteiger charge is -2.33. The predicted octanol–water partition coefficient (Wildman–Crippen LogP) is 0.765. The third-order valence-corrected chi connectivity index (χ3v) is 3.81. The quantitative estimate of drug-likeness (QED) is 0.852. The number of ether oxygens (including phenoxy) is 1. The van der Waals surface area contributed by atoms with E-state index in [2.05, 4.69) is 33.3 Å². The standard InChI is InChI=1S/C14H20N4O/c15-9-13(18-3-5-19-6-4-18)8-11-1-2-14-12(7-11)10-16-17-14/h1-2,7,10,13H,3-6,8-9,15H2,(H,16,17). The number of benzene rings is 1. The molecular weight excluding hydrogens is 240 g/mol. The van der Waals surface area contributed by atoms with Gasteiger partial charge in [0.25, 0.3) is 0 Å². The molecule has 1 aliphatic rings. The van der Waals surface area contributed by atoms with Gasteiger partial charge >= 0.3 is 0 Å². The Morgan fingerprint density at radius 2 is 2.21 bits per heavy atom. The van der Waals surface area contributed by atoms with Crippen LogP contribution >= 0.6 is 0 Å². The van der Waals surface area contributed by atoms with Crippen molar-refractivity contribution in [2.24, 2.45) is 5.73 Å². The smallest absolute Gasteiger partial charge is 0.0650 e. The second-order valence-electron chi connectivity index (χ2n) is 5.03. The maximum Gasteiger partial charge on any atom is 0.0650 e. The molecule has 0 aliphatic carbocycles. The molecule has 0 amide bonds. The number of nitrogens with one attached hydrogen (secondary N) is 1. The van der Waals surface area contributed by atoms with E-state index in [1.807, 2.05) is 6.20 Å². The van der Waals surface area contributed by atoms with Crippen molar-refractivity contribution in [3.05, 3.63) is 30.0 Å². The highest BCUT2D eigenvalue weighted by atomic mass is 16.5. The molecule has 0 bridgehead atoms. The van der Waals surface area contributed by atoms with Gasteiger partial charge in [0.05, 0.1) is 24.9 Å². The molecule has 1 aromatic heterocycles. The topological polar surface area (TPSA) is 67.2 Å². The zero-order valence-corrected chi connectivity index (χ0v) is 11.0. The van der Waals surface area contributed by atoms with E-state index in [4.69, 9.17) is 10.5 Å². The van der Waals surface area contributed by atoms with Crippen molar-refractivity contribution in [1.82, 2.24) is 15.1 Å². The number of hydrogen-bond donors (Lipinski definition) is 2. The second kappa shape index (κ2) is 5.69.